The summed E-state index contributed by atoms with van der Waals surface area (Å²) in [7, 11) is 1.28. The first-order valence-electron chi connectivity index (χ1n) is 7.40. The largest absolute Gasteiger partial charge is 0.465 e. The number of nitrogens with zero attached hydrogens (tertiary/aromatic N) is 1. The molecule has 25 heavy (non-hydrogen) atoms. The van der Waals surface area contributed by atoms with Gasteiger partial charge in [-0.3, -0.25) is 4.79 Å². The molecule has 2 aromatic carbocycles. The van der Waals surface area contributed by atoms with Crippen LogP contribution in [0.3, 0.4) is 0 Å². The summed E-state index contributed by atoms with van der Waals surface area (Å²) in [4.78, 5) is 24.1. The number of halogens is 2. The topological polar surface area (TPSA) is 60.3 Å². The van der Waals surface area contributed by atoms with Gasteiger partial charge in [-0.15, -0.1) is 0 Å². The van der Waals surface area contributed by atoms with Gasteiger partial charge in [-0.2, -0.15) is 0 Å². The molecular weight excluding hydrogens is 330 g/mol. The van der Waals surface area contributed by atoms with Crippen molar-refractivity contribution in [3.05, 3.63) is 65.9 Å². The van der Waals surface area contributed by atoms with Crippen LogP contribution in [-0.4, -0.2) is 23.6 Å². The van der Waals surface area contributed by atoms with Crippen molar-refractivity contribution < 1.29 is 23.1 Å². The van der Waals surface area contributed by atoms with E-state index in [2.05, 4.69) is 5.32 Å². The third kappa shape index (κ3) is 3.50. The Bertz CT molecular complexity index is 946. The van der Waals surface area contributed by atoms with Gasteiger partial charge in [0.15, 0.2) is 0 Å². The van der Waals surface area contributed by atoms with Crippen LogP contribution in [0.15, 0.2) is 48.7 Å². The van der Waals surface area contributed by atoms with E-state index in [1.54, 1.807) is 28.8 Å². The molecule has 128 valence electrons. The fourth-order valence-electron chi connectivity index (χ4n) is 2.63. The lowest BCUT2D eigenvalue weighted by atomic mass is 10.2. The summed E-state index contributed by atoms with van der Waals surface area (Å²) in [6.45, 7) is -0.129. The van der Waals surface area contributed by atoms with Gasteiger partial charge < -0.3 is 14.6 Å². The minimum atomic E-state index is -0.783. The first kappa shape index (κ1) is 16.6. The standard InChI is InChI=1S/C18H14F2N2O3/c1-25-18(24)15-9-22(16-5-3-2-4-14(15)16)10-17(23)21-13-7-11(19)6-12(20)8-13/h2-9H,10H2,1H3,(H,21,23). The van der Waals surface area contributed by atoms with Crippen LogP contribution in [0, 0.1) is 11.6 Å². The molecule has 5 nitrogen and oxygen atoms in total. The summed E-state index contributed by atoms with van der Waals surface area (Å²) in [5.41, 5.74) is 1.03. The van der Waals surface area contributed by atoms with E-state index in [-0.39, 0.29) is 12.2 Å². The maximum absolute atomic E-state index is 13.2. The molecule has 0 fully saturated rings. The second-order valence-corrected chi connectivity index (χ2v) is 5.39. The van der Waals surface area contributed by atoms with Crippen LogP contribution in [0.25, 0.3) is 10.9 Å². The zero-order valence-corrected chi connectivity index (χ0v) is 13.3. The van der Waals surface area contributed by atoms with Crippen molar-refractivity contribution in [1.29, 1.82) is 0 Å². The third-order valence-corrected chi connectivity index (χ3v) is 3.65. The van der Waals surface area contributed by atoms with Crippen LogP contribution < -0.4 is 5.32 Å². The number of esters is 1. The number of benzene rings is 2. The van der Waals surface area contributed by atoms with E-state index in [0.29, 0.717) is 16.5 Å². The summed E-state index contributed by atoms with van der Waals surface area (Å²) in [6, 6.07) is 9.82. The predicted octanol–water partition coefficient (Wildman–Crippen LogP) is 3.34. The second kappa shape index (κ2) is 6.72. The van der Waals surface area contributed by atoms with E-state index in [4.69, 9.17) is 4.74 Å². The number of rotatable bonds is 4. The molecule has 1 heterocycles. The van der Waals surface area contributed by atoms with Gasteiger partial charge in [0.25, 0.3) is 0 Å². The zero-order valence-electron chi connectivity index (χ0n) is 13.3. The summed E-state index contributed by atoms with van der Waals surface area (Å²) in [5.74, 6) is -2.56. The fourth-order valence-corrected chi connectivity index (χ4v) is 2.63. The Morgan fingerprint density at radius 3 is 2.48 bits per heavy atom. The molecule has 0 aliphatic rings. The number of carbonyl (C=O) groups excluding carboxylic acids is 2. The van der Waals surface area contributed by atoms with Crippen molar-refractivity contribution in [1.82, 2.24) is 4.57 Å². The van der Waals surface area contributed by atoms with E-state index >= 15 is 0 Å². The number of nitrogens with one attached hydrogen (secondary N) is 1. The summed E-state index contributed by atoms with van der Waals surface area (Å²) in [5, 5.41) is 3.09. The van der Waals surface area contributed by atoms with Crippen LogP contribution in [0.5, 0.6) is 0 Å². The zero-order chi connectivity index (χ0) is 18.0. The Kier molecular flexibility index (Phi) is 4.47. The van der Waals surface area contributed by atoms with Crippen LogP contribution >= 0.6 is 0 Å². The minimum absolute atomic E-state index is 0.0205. The SMILES string of the molecule is COC(=O)c1cn(CC(=O)Nc2cc(F)cc(F)c2)c2ccccc12. The third-order valence-electron chi connectivity index (χ3n) is 3.65. The number of hydrogen-bond donors (Lipinski definition) is 1. The smallest absolute Gasteiger partial charge is 0.340 e. The van der Waals surface area contributed by atoms with Crippen molar-refractivity contribution in [3.8, 4) is 0 Å². The van der Waals surface area contributed by atoms with Gasteiger partial charge in [0.2, 0.25) is 5.91 Å². The van der Waals surface area contributed by atoms with Gasteiger partial charge >= 0.3 is 5.97 Å². The Balaban J connectivity index is 1.87. The number of fused-ring (bicyclic) bond motifs is 1. The molecule has 1 amide bonds. The van der Waals surface area contributed by atoms with Gasteiger partial charge in [-0.05, 0) is 18.2 Å². The summed E-state index contributed by atoms with van der Waals surface area (Å²) >= 11 is 0. The highest BCUT2D eigenvalue weighted by molar-refractivity contribution is 6.04. The second-order valence-electron chi connectivity index (χ2n) is 5.39. The monoisotopic (exact) mass is 344 g/mol. The Morgan fingerprint density at radius 1 is 1.12 bits per heavy atom. The van der Waals surface area contributed by atoms with E-state index < -0.39 is 23.5 Å². The fraction of sp³-hybridized carbons (Fsp3) is 0.111. The van der Waals surface area contributed by atoms with E-state index in [9.17, 15) is 18.4 Å². The average Bonchev–Trinajstić information content (AvgIpc) is 2.92. The lowest BCUT2D eigenvalue weighted by Gasteiger charge is -2.07. The number of aromatic nitrogens is 1. The molecule has 3 rings (SSSR count). The number of anilines is 1. The molecule has 1 aromatic heterocycles. The number of ether oxygens (including phenoxy) is 1. The molecule has 0 spiro atoms. The predicted molar refractivity (Wildman–Crippen MR) is 88.3 cm³/mol. The number of para-hydroxylation sites is 1. The quantitative estimate of drug-likeness (QED) is 0.739. The Labute approximate surface area is 141 Å². The molecule has 0 atom stereocenters. The van der Waals surface area contributed by atoms with Gasteiger partial charge in [0, 0.05) is 28.9 Å². The first-order chi connectivity index (χ1) is 12.0. The lowest BCUT2D eigenvalue weighted by Crippen LogP contribution is -2.18. The van der Waals surface area contributed by atoms with Gasteiger partial charge in [-0.25, -0.2) is 13.6 Å². The van der Waals surface area contributed by atoms with E-state index in [1.807, 2.05) is 0 Å². The number of hydrogen-bond acceptors (Lipinski definition) is 3. The van der Waals surface area contributed by atoms with E-state index in [0.717, 1.165) is 18.2 Å². The van der Waals surface area contributed by atoms with Crippen molar-refractivity contribution in [2.45, 2.75) is 6.54 Å². The first-order valence-corrected chi connectivity index (χ1v) is 7.40. The summed E-state index contributed by atoms with van der Waals surface area (Å²) < 4.78 is 32.7. The highest BCUT2D eigenvalue weighted by Crippen LogP contribution is 2.22. The van der Waals surface area contributed by atoms with Crippen LogP contribution in [-0.2, 0) is 16.1 Å². The highest BCUT2D eigenvalue weighted by Gasteiger charge is 2.16. The molecule has 0 unspecified atom stereocenters. The molecule has 0 saturated heterocycles. The molecule has 0 saturated carbocycles. The average molecular weight is 344 g/mol. The maximum atomic E-state index is 13.2. The van der Waals surface area contributed by atoms with Crippen LogP contribution in [0.4, 0.5) is 14.5 Å². The maximum Gasteiger partial charge on any atom is 0.340 e. The molecule has 0 radical (unpaired) electrons. The van der Waals surface area contributed by atoms with Crippen molar-refractivity contribution in [3.63, 3.8) is 0 Å². The molecule has 0 bridgehead atoms. The molecule has 0 aliphatic heterocycles. The Morgan fingerprint density at radius 2 is 1.80 bits per heavy atom. The summed E-state index contributed by atoms with van der Waals surface area (Å²) in [6.07, 6.45) is 1.52. The molecule has 3 aromatic rings. The van der Waals surface area contributed by atoms with Crippen LogP contribution in [0.2, 0.25) is 0 Å². The van der Waals surface area contributed by atoms with Gasteiger partial charge in [0.1, 0.15) is 18.2 Å². The lowest BCUT2D eigenvalue weighted by molar-refractivity contribution is -0.116. The number of methoxy groups -OCH3 is 1. The number of carbonyl (C=O) groups is 2. The molecule has 1 N–H and O–H groups in total. The number of amides is 1. The normalized spacial score (nSPS) is 10.7. The molecular formula is C18H14F2N2O3. The minimum Gasteiger partial charge on any atom is -0.465 e. The highest BCUT2D eigenvalue weighted by atomic mass is 19.1. The van der Waals surface area contributed by atoms with E-state index in [1.165, 1.54) is 13.3 Å². The van der Waals surface area contributed by atoms with Crippen molar-refractivity contribution >= 4 is 28.5 Å². The van der Waals surface area contributed by atoms with Gasteiger partial charge in [0.05, 0.1) is 12.7 Å². The van der Waals surface area contributed by atoms with Gasteiger partial charge in [-0.1, -0.05) is 18.2 Å². The molecule has 0 aliphatic carbocycles. The molecule has 7 heteroatoms. The van der Waals surface area contributed by atoms with Crippen LogP contribution in [0.1, 0.15) is 10.4 Å². The Hall–Kier alpha value is -3.22. The van der Waals surface area contributed by atoms with Crippen molar-refractivity contribution in [2.75, 3.05) is 12.4 Å². The van der Waals surface area contributed by atoms with Crippen molar-refractivity contribution in [2.24, 2.45) is 0 Å².